The van der Waals surface area contributed by atoms with Crippen LogP contribution in [0.1, 0.15) is 27.9 Å². The first-order chi connectivity index (χ1) is 9.33. The molecule has 0 heterocycles. The average Bonchev–Trinajstić information content (AvgIpc) is 2.48. The second kappa shape index (κ2) is 6.53. The van der Waals surface area contributed by atoms with E-state index in [1.54, 1.807) is 0 Å². The molecule has 0 saturated carbocycles. The molecule has 0 aliphatic carbocycles. The van der Waals surface area contributed by atoms with Gasteiger partial charge < -0.3 is 5.73 Å². The summed E-state index contributed by atoms with van der Waals surface area (Å²) in [5, 5.41) is 0. The van der Waals surface area contributed by atoms with Crippen LogP contribution in [0.2, 0.25) is 0 Å². The lowest BCUT2D eigenvalue weighted by molar-refractivity contribution is 0.103. The lowest BCUT2D eigenvalue weighted by Crippen LogP contribution is -2.03. The van der Waals surface area contributed by atoms with Crippen LogP contribution in [-0.2, 0) is 0 Å². The molecule has 0 aliphatic heterocycles. The Kier molecular flexibility index (Phi) is 4.49. The Morgan fingerprint density at radius 2 is 1.68 bits per heavy atom. The van der Waals surface area contributed by atoms with Crippen LogP contribution in [0.4, 0.5) is 0 Å². The van der Waals surface area contributed by atoms with Crippen LogP contribution < -0.4 is 5.73 Å². The normalized spacial score (nSPS) is 9.53. The molecule has 0 bridgehead atoms. The molecule has 2 nitrogen and oxygen atoms in total. The van der Waals surface area contributed by atoms with E-state index >= 15 is 0 Å². The number of hydrogen-bond donors (Lipinski definition) is 1. The molecular formula is C17H15NO. The monoisotopic (exact) mass is 249 g/mol. The van der Waals surface area contributed by atoms with Crippen LogP contribution >= 0.6 is 0 Å². The highest BCUT2D eigenvalue weighted by Crippen LogP contribution is 2.13. The van der Waals surface area contributed by atoms with E-state index in [2.05, 4.69) is 11.8 Å². The van der Waals surface area contributed by atoms with Gasteiger partial charge in [-0.15, -0.1) is 0 Å². The molecule has 0 radical (unpaired) electrons. The Hall–Kier alpha value is -2.37. The largest absolute Gasteiger partial charge is 0.330 e. The van der Waals surface area contributed by atoms with E-state index in [9.17, 15) is 4.79 Å². The summed E-state index contributed by atoms with van der Waals surface area (Å²) in [5.74, 6) is 5.98. The van der Waals surface area contributed by atoms with Crippen LogP contribution in [0, 0.1) is 11.8 Å². The minimum absolute atomic E-state index is 0.00162. The summed E-state index contributed by atoms with van der Waals surface area (Å²) in [4.78, 5) is 12.4. The van der Waals surface area contributed by atoms with E-state index < -0.39 is 0 Å². The molecule has 0 amide bonds. The summed E-state index contributed by atoms with van der Waals surface area (Å²) in [6, 6.07) is 16.6. The number of carbonyl (C=O) groups is 1. The van der Waals surface area contributed by atoms with Crippen LogP contribution in [0.25, 0.3) is 0 Å². The Labute approximate surface area is 113 Å². The smallest absolute Gasteiger partial charge is 0.194 e. The highest BCUT2D eigenvalue weighted by molar-refractivity contribution is 6.10. The quantitative estimate of drug-likeness (QED) is 0.671. The van der Waals surface area contributed by atoms with E-state index in [4.69, 9.17) is 5.73 Å². The third-order valence-electron chi connectivity index (χ3n) is 2.70. The van der Waals surface area contributed by atoms with Gasteiger partial charge in [-0.1, -0.05) is 54.3 Å². The third-order valence-corrected chi connectivity index (χ3v) is 2.70. The Morgan fingerprint density at radius 1 is 1.00 bits per heavy atom. The van der Waals surface area contributed by atoms with Crippen LogP contribution in [0.15, 0.2) is 54.6 Å². The van der Waals surface area contributed by atoms with Crippen molar-refractivity contribution in [1.29, 1.82) is 0 Å². The van der Waals surface area contributed by atoms with Gasteiger partial charge in [0.05, 0.1) is 0 Å². The fourth-order valence-electron chi connectivity index (χ4n) is 1.77. The van der Waals surface area contributed by atoms with E-state index in [0.29, 0.717) is 24.1 Å². The zero-order valence-electron chi connectivity index (χ0n) is 10.6. The Morgan fingerprint density at radius 3 is 2.42 bits per heavy atom. The second-order valence-electron chi connectivity index (χ2n) is 4.08. The molecule has 0 atom stereocenters. The summed E-state index contributed by atoms with van der Waals surface area (Å²) >= 11 is 0. The number of hydrogen-bond acceptors (Lipinski definition) is 2. The summed E-state index contributed by atoms with van der Waals surface area (Å²) < 4.78 is 0. The number of nitrogens with two attached hydrogens (primary N) is 1. The van der Waals surface area contributed by atoms with E-state index in [0.717, 1.165) is 5.56 Å². The van der Waals surface area contributed by atoms with Crippen molar-refractivity contribution in [2.45, 2.75) is 6.42 Å². The van der Waals surface area contributed by atoms with Crippen molar-refractivity contribution in [3.8, 4) is 11.8 Å². The molecule has 2 N–H and O–H groups in total. The van der Waals surface area contributed by atoms with Gasteiger partial charge in [0.2, 0.25) is 0 Å². The van der Waals surface area contributed by atoms with Gasteiger partial charge in [-0.25, -0.2) is 0 Å². The fraction of sp³-hybridized carbons (Fsp3) is 0.118. The summed E-state index contributed by atoms with van der Waals surface area (Å²) in [6.07, 6.45) is 0.633. The van der Waals surface area contributed by atoms with Crippen molar-refractivity contribution in [3.05, 3.63) is 71.3 Å². The Bertz CT molecular complexity index is 620. The average molecular weight is 249 g/mol. The highest BCUT2D eigenvalue weighted by atomic mass is 16.1. The predicted octanol–water partition coefficient (Wildman–Crippen LogP) is 2.62. The first-order valence-corrected chi connectivity index (χ1v) is 6.20. The molecule has 94 valence electrons. The molecule has 0 fully saturated rings. The number of benzene rings is 2. The van der Waals surface area contributed by atoms with Gasteiger partial charge in [-0.2, -0.15) is 0 Å². The standard InChI is InChI=1S/C17H15NO/c18-13-7-6-9-14-8-4-5-12-16(14)17(19)15-10-2-1-3-11-15/h1-5,8,10-12H,7,13,18H2. The third kappa shape index (κ3) is 3.31. The van der Waals surface area contributed by atoms with Crippen molar-refractivity contribution >= 4 is 5.78 Å². The molecular weight excluding hydrogens is 234 g/mol. The van der Waals surface area contributed by atoms with Crippen molar-refractivity contribution in [3.63, 3.8) is 0 Å². The Balaban J connectivity index is 2.36. The minimum atomic E-state index is -0.00162. The van der Waals surface area contributed by atoms with Gasteiger partial charge in [0.15, 0.2) is 5.78 Å². The fourth-order valence-corrected chi connectivity index (χ4v) is 1.77. The first-order valence-electron chi connectivity index (χ1n) is 6.20. The summed E-state index contributed by atoms with van der Waals surface area (Å²) in [6.45, 7) is 0.530. The molecule has 0 saturated heterocycles. The number of carbonyl (C=O) groups excluding carboxylic acids is 1. The van der Waals surface area contributed by atoms with E-state index in [1.807, 2.05) is 54.6 Å². The summed E-state index contributed by atoms with van der Waals surface area (Å²) in [7, 11) is 0. The molecule has 0 unspecified atom stereocenters. The maximum absolute atomic E-state index is 12.4. The maximum atomic E-state index is 12.4. The molecule has 0 spiro atoms. The zero-order chi connectivity index (χ0) is 13.5. The zero-order valence-corrected chi connectivity index (χ0v) is 10.6. The van der Waals surface area contributed by atoms with Gasteiger partial charge in [0, 0.05) is 29.7 Å². The molecule has 2 rings (SSSR count). The van der Waals surface area contributed by atoms with Gasteiger partial charge in [0.25, 0.3) is 0 Å². The molecule has 19 heavy (non-hydrogen) atoms. The van der Waals surface area contributed by atoms with Gasteiger partial charge in [-0.05, 0) is 12.1 Å². The molecule has 0 aromatic heterocycles. The van der Waals surface area contributed by atoms with Crippen LogP contribution in [0.5, 0.6) is 0 Å². The number of rotatable bonds is 3. The predicted molar refractivity (Wildman–Crippen MR) is 76.9 cm³/mol. The van der Waals surface area contributed by atoms with Gasteiger partial charge in [-0.3, -0.25) is 4.79 Å². The van der Waals surface area contributed by atoms with Crippen molar-refractivity contribution in [2.24, 2.45) is 5.73 Å². The van der Waals surface area contributed by atoms with Crippen molar-refractivity contribution in [2.75, 3.05) is 6.54 Å². The second-order valence-corrected chi connectivity index (χ2v) is 4.08. The molecule has 2 aromatic carbocycles. The lowest BCUT2D eigenvalue weighted by Gasteiger charge is -2.03. The van der Waals surface area contributed by atoms with Crippen molar-refractivity contribution in [1.82, 2.24) is 0 Å². The highest BCUT2D eigenvalue weighted by Gasteiger charge is 2.11. The maximum Gasteiger partial charge on any atom is 0.194 e. The van der Waals surface area contributed by atoms with E-state index in [1.165, 1.54) is 0 Å². The molecule has 0 aliphatic rings. The summed E-state index contributed by atoms with van der Waals surface area (Å²) in [5.41, 5.74) is 7.48. The van der Waals surface area contributed by atoms with Crippen LogP contribution in [-0.4, -0.2) is 12.3 Å². The van der Waals surface area contributed by atoms with Gasteiger partial charge >= 0.3 is 0 Å². The number of ketones is 1. The first kappa shape index (κ1) is 13.1. The molecule has 2 aromatic rings. The van der Waals surface area contributed by atoms with Crippen molar-refractivity contribution < 1.29 is 4.79 Å². The lowest BCUT2D eigenvalue weighted by atomic mass is 9.98. The molecule has 2 heteroatoms. The topological polar surface area (TPSA) is 43.1 Å². The van der Waals surface area contributed by atoms with Crippen LogP contribution in [0.3, 0.4) is 0 Å². The SMILES string of the molecule is NCCC#Cc1ccccc1C(=O)c1ccccc1. The van der Waals surface area contributed by atoms with Gasteiger partial charge in [0.1, 0.15) is 0 Å². The van der Waals surface area contributed by atoms with E-state index in [-0.39, 0.29) is 5.78 Å². The minimum Gasteiger partial charge on any atom is -0.330 e.